The fourth-order valence-corrected chi connectivity index (χ4v) is 3.21. The van der Waals surface area contributed by atoms with Gasteiger partial charge in [-0.25, -0.2) is 0 Å². The second kappa shape index (κ2) is 5.93. The van der Waals surface area contributed by atoms with Gasteiger partial charge in [0.25, 0.3) is 0 Å². The molecule has 100 valence electrons. The van der Waals surface area contributed by atoms with Crippen molar-refractivity contribution in [2.24, 2.45) is 0 Å². The summed E-state index contributed by atoms with van der Waals surface area (Å²) in [5, 5.41) is 0.863. The Labute approximate surface area is 142 Å². The van der Waals surface area contributed by atoms with Crippen LogP contribution in [0.5, 0.6) is 0 Å². The molecule has 0 spiro atoms. The zero-order valence-electron chi connectivity index (χ0n) is 9.30. The van der Waals surface area contributed by atoms with Gasteiger partial charge in [-0.15, -0.1) is 12.6 Å². The van der Waals surface area contributed by atoms with E-state index in [1.807, 2.05) is 18.2 Å². The quantitative estimate of drug-likeness (QED) is 0.414. The van der Waals surface area contributed by atoms with E-state index in [-0.39, 0.29) is 0 Å². The molecule has 0 fully saturated rings. The van der Waals surface area contributed by atoms with Crippen LogP contribution in [0.25, 0.3) is 11.1 Å². The first-order chi connectivity index (χ1) is 8.82. The summed E-state index contributed by atoms with van der Waals surface area (Å²) in [5.41, 5.74) is 1.80. The molecular weight excluding hydrogens is 365 g/mol. The van der Waals surface area contributed by atoms with Crippen LogP contribution < -0.4 is 0 Å². The van der Waals surface area contributed by atoms with Crippen molar-refractivity contribution in [1.82, 2.24) is 0 Å². The summed E-state index contributed by atoms with van der Waals surface area (Å²) in [6.07, 6.45) is 0. The van der Waals surface area contributed by atoms with E-state index in [9.17, 15) is 0 Å². The number of thiol groups is 1. The Morgan fingerprint density at radius 2 is 1.47 bits per heavy atom. The molecule has 0 saturated carbocycles. The van der Waals surface area contributed by atoms with Crippen LogP contribution >= 0.6 is 70.6 Å². The number of hydrogen-bond acceptors (Lipinski definition) is 1. The molecule has 0 aliphatic heterocycles. The van der Waals surface area contributed by atoms with Crippen molar-refractivity contribution in [3.05, 3.63) is 52.0 Å². The van der Waals surface area contributed by atoms with E-state index in [4.69, 9.17) is 58.0 Å². The Hall–Kier alpha value is 0.240. The van der Waals surface area contributed by atoms with Crippen LogP contribution in [0.3, 0.4) is 0 Å². The second-order valence-corrected chi connectivity index (χ2v) is 7.35. The molecule has 2 aromatic rings. The van der Waals surface area contributed by atoms with Gasteiger partial charge in [-0.2, -0.15) is 0 Å². The molecule has 0 amide bonds. The highest BCUT2D eigenvalue weighted by atomic mass is 35.6. The van der Waals surface area contributed by atoms with Crippen LogP contribution in [0, 0.1) is 0 Å². The van der Waals surface area contributed by atoms with Crippen molar-refractivity contribution in [2.45, 2.75) is 8.69 Å². The minimum atomic E-state index is -1.66. The number of benzene rings is 2. The molecule has 0 N–H and O–H groups in total. The molecule has 0 saturated heterocycles. The van der Waals surface area contributed by atoms with E-state index in [0.717, 1.165) is 5.56 Å². The lowest BCUT2D eigenvalue weighted by Crippen LogP contribution is -2.05. The maximum atomic E-state index is 6.21. The van der Waals surface area contributed by atoms with E-state index in [1.165, 1.54) is 0 Å². The molecule has 6 heteroatoms. The van der Waals surface area contributed by atoms with Crippen LogP contribution in [0.1, 0.15) is 5.56 Å². The van der Waals surface area contributed by atoms with Gasteiger partial charge in [0.1, 0.15) is 0 Å². The highest BCUT2D eigenvalue weighted by molar-refractivity contribution is 7.80. The van der Waals surface area contributed by atoms with Crippen molar-refractivity contribution in [2.75, 3.05) is 0 Å². The molecule has 0 bridgehead atoms. The predicted molar refractivity (Wildman–Crippen MR) is 88.4 cm³/mol. The van der Waals surface area contributed by atoms with Gasteiger partial charge in [0.2, 0.25) is 3.79 Å². The number of halogens is 5. The van der Waals surface area contributed by atoms with Gasteiger partial charge in [0, 0.05) is 21.0 Å². The van der Waals surface area contributed by atoms with Gasteiger partial charge in [-0.3, -0.25) is 0 Å². The lowest BCUT2D eigenvalue weighted by molar-refractivity contribution is 1.21. The summed E-state index contributed by atoms with van der Waals surface area (Å²) in [6.45, 7) is 0. The Morgan fingerprint density at radius 1 is 0.842 bits per heavy atom. The van der Waals surface area contributed by atoms with Gasteiger partial charge in [-0.05, 0) is 17.7 Å². The molecule has 0 radical (unpaired) electrons. The normalized spacial score (nSPS) is 11.7. The van der Waals surface area contributed by atoms with Gasteiger partial charge < -0.3 is 0 Å². The molecule has 2 aromatic carbocycles. The van der Waals surface area contributed by atoms with Crippen LogP contribution in [0.2, 0.25) is 10.0 Å². The Balaban J connectivity index is 2.79. The Morgan fingerprint density at radius 3 is 2.05 bits per heavy atom. The lowest BCUT2D eigenvalue weighted by atomic mass is 10.0. The summed E-state index contributed by atoms with van der Waals surface area (Å²) in [7, 11) is 0. The molecule has 0 nitrogen and oxygen atoms in total. The smallest absolute Gasteiger partial charge is 0.142 e. The third-order valence-corrected chi connectivity index (χ3v) is 4.36. The maximum Gasteiger partial charge on any atom is 0.218 e. The van der Waals surface area contributed by atoms with Crippen molar-refractivity contribution < 1.29 is 0 Å². The molecule has 0 heterocycles. The monoisotopic (exact) mass is 370 g/mol. The zero-order valence-corrected chi connectivity index (χ0v) is 14.0. The summed E-state index contributed by atoms with van der Waals surface area (Å²) >= 11 is 34.7. The van der Waals surface area contributed by atoms with Crippen LogP contribution in [-0.4, -0.2) is 0 Å². The van der Waals surface area contributed by atoms with Crippen molar-refractivity contribution in [3.8, 4) is 11.1 Å². The zero-order chi connectivity index (χ0) is 14.2. The molecule has 0 aliphatic carbocycles. The van der Waals surface area contributed by atoms with E-state index in [1.54, 1.807) is 18.2 Å². The fourth-order valence-electron chi connectivity index (χ4n) is 1.75. The largest absolute Gasteiger partial charge is 0.218 e. The maximum absolute atomic E-state index is 6.21. The summed E-state index contributed by atoms with van der Waals surface area (Å²) in [5.74, 6) is 0. The third kappa shape index (κ3) is 3.29. The van der Waals surface area contributed by atoms with E-state index < -0.39 is 3.79 Å². The first-order valence-electron chi connectivity index (χ1n) is 5.16. The highest BCUT2D eigenvalue weighted by Gasteiger charge is 2.31. The second-order valence-electron chi connectivity index (χ2n) is 3.80. The minimum absolute atomic E-state index is 0.306. The first kappa shape index (κ1) is 15.6. The van der Waals surface area contributed by atoms with Gasteiger partial charge in [-0.1, -0.05) is 82.3 Å². The van der Waals surface area contributed by atoms with Gasteiger partial charge >= 0.3 is 0 Å². The molecule has 19 heavy (non-hydrogen) atoms. The van der Waals surface area contributed by atoms with Crippen LogP contribution in [0.15, 0.2) is 41.3 Å². The summed E-state index contributed by atoms with van der Waals surface area (Å²) in [4.78, 5) is 0.541. The molecular formula is C13H7Cl5S. The predicted octanol–water partition coefficient (Wildman–Crippen LogP) is 6.78. The lowest BCUT2D eigenvalue weighted by Gasteiger charge is -2.20. The van der Waals surface area contributed by atoms with Gasteiger partial charge in [0.05, 0.1) is 5.02 Å². The number of rotatable bonds is 1. The Bertz CT molecular complexity index is 619. The van der Waals surface area contributed by atoms with Gasteiger partial charge in [0.15, 0.2) is 0 Å². The molecule has 2 rings (SSSR count). The summed E-state index contributed by atoms with van der Waals surface area (Å²) in [6, 6.07) is 10.8. The third-order valence-electron chi connectivity index (χ3n) is 2.57. The standard InChI is InChI=1S/C13H7Cl5S/c14-9-4-2-1-3-7(9)8-5-6-10(19)12(15)11(8)13(16,17)18/h1-6,19H. The summed E-state index contributed by atoms with van der Waals surface area (Å²) < 4.78 is -1.66. The molecule has 0 aliphatic rings. The molecule has 0 aromatic heterocycles. The van der Waals surface area contributed by atoms with Crippen LogP contribution in [-0.2, 0) is 3.79 Å². The van der Waals surface area contributed by atoms with Crippen LogP contribution in [0.4, 0.5) is 0 Å². The Kier molecular flexibility index (Phi) is 4.88. The van der Waals surface area contributed by atoms with Crippen molar-refractivity contribution in [3.63, 3.8) is 0 Å². The minimum Gasteiger partial charge on any atom is -0.142 e. The van der Waals surface area contributed by atoms with E-state index >= 15 is 0 Å². The van der Waals surface area contributed by atoms with E-state index in [0.29, 0.717) is 26.1 Å². The first-order valence-corrected chi connectivity index (χ1v) is 7.49. The SMILES string of the molecule is Sc1ccc(-c2ccccc2Cl)c(C(Cl)(Cl)Cl)c1Cl. The number of hydrogen-bond donors (Lipinski definition) is 1. The van der Waals surface area contributed by atoms with E-state index in [2.05, 4.69) is 12.6 Å². The average molecular weight is 373 g/mol. The molecule has 0 atom stereocenters. The van der Waals surface area contributed by atoms with Crippen molar-refractivity contribution in [1.29, 1.82) is 0 Å². The molecule has 0 unspecified atom stereocenters. The van der Waals surface area contributed by atoms with Crippen molar-refractivity contribution >= 4 is 70.6 Å². The topological polar surface area (TPSA) is 0 Å². The number of alkyl halides is 3. The highest BCUT2D eigenvalue weighted by Crippen LogP contribution is 2.49. The average Bonchev–Trinajstić information content (AvgIpc) is 2.31. The fraction of sp³-hybridized carbons (Fsp3) is 0.0769.